The van der Waals surface area contributed by atoms with Crippen LogP contribution in [0.4, 0.5) is 11.4 Å². The van der Waals surface area contributed by atoms with Gasteiger partial charge in [0.25, 0.3) is 15.9 Å². The van der Waals surface area contributed by atoms with Crippen LogP contribution in [0.25, 0.3) is 10.8 Å². The van der Waals surface area contributed by atoms with Crippen LogP contribution in [0.15, 0.2) is 94.7 Å². The van der Waals surface area contributed by atoms with E-state index >= 15 is 0 Å². The van der Waals surface area contributed by atoms with Gasteiger partial charge in [-0.05, 0) is 73.2 Å². The summed E-state index contributed by atoms with van der Waals surface area (Å²) < 4.78 is 56.4. The number of nitrogens with zero attached hydrogens (tertiary/aromatic N) is 1. The number of carbonyl (C=O) groups excluding carboxylic acids is 1. The van der Waals surface area contributed by atoms with E-state index in [1.165, 1.54) is 40.7 Å². The van der Waals surface area contributed by atoms with Crippen molar-refractivity contribution in [3.63, 3.8) is 0 Å². The molecule has 1 fully saturated rings. The third kappa shape index (κ3) is 5.68. The number of hydrogen-bond acceptors (Lipinski definition) is 5. The molecule has 0 aromatic heterocycles. The second-order valence-corrected chi connectivity index (χ2v) is 13.2. The smallest absolute Gasteiger partial charge is 0.261 e. The predicted octanol–water partition coefficient (Wildman–Crippen LogP) is 5.38. The number of benzene rings is 4. The quantitative estimate of drug-likeness (QED) is 0.314. The Bertz CT molecular complexity index is 1740. The van der Waals surface area contributed by atoms with Crippen molar-refractivity contribution in [2.45, 2.75) is 36.0 Å². The molecule has 1 amide bonds. The minimum absolute atomic E-state index is 0.0410. The Morgan fingerprint density at radius 3 is 2.18 bits per heavy atom. The molecule has 0 aliphatic carbocycles. The van der Waals surface area contributed by atoms with Crippen molar-refractivity contribution in [3.05, 3.63) is 96.1 Å². The van der Waals surface area contributed by atoms with E-state index in [9.17, 15) is 21.6 Å². The van der Waals surface area contributed by atoms with E-state index in [1.54, 1.807) is 25.1 Å². The molecular formula is C29H29N3O5S2. The van der Waals surface area contributed by atoms with Crippen LogP contribution in [0.2, 0.25) is 0 Å². The highest BCUT2D eigenvalue weighted by Gasteiger charge is 2.27. The highest BCUT2D eigenvalue weighted by molar-refractivity contribution is 7.92. The fourth-order valence-corrected chi connectivity index (χ4v) is 7.32. The van der Waals surface area contributed by atoms with E-state index in [4.69, 9.17) is 0 Å². The number of amides is 1. The van der Waals surface area contributed by atoms with Crippen molar-refractivity contribution in [1.82, 2.24) is 4.31 Å². The average Bonchev–Trinajstić information content (AvgIpc) is 2.94. The summed E-state index contributed by atoms with van der Waals surface area (Å²) in [5, 5.41) is 4.45. The summed E-state index contributed by atoms with van der Waals surface area (Å²) in [7, 11) is -7.57. The molecule has 8 nitrogen and oxygen atoms in total. The standard InChI is InChI=1S/C29H29N3O5S2/c1-21-12-15-25(39(36,37)32-18-5-2-6-19-32)20-27(21)29(33)30-23-13-16-24(17-14-23)38(34,35)31-28-11-7-9-22-8-3-4-10-26(22)28/h3-4,7-17,20,31H,2,5-6,18-19H2,1H3,(H,30,33). The number of hydrogen-bond donors (Lipinski definition) is 2. The molecule has 0 saturated carbocycles. The van der Waals surface area contributed by atoms with Crippen LogP contribution < -0.4 is 10.0 Å². The first-order valence-electron chi connectivity index (χ1n) is 12.7. The Balaban J connectivity index is 1.33. The summed E-state index contributed by atoms with van der Waals surface area (Å²) in [5.41, 5.74) is 1.72. The summed E-state index contributed by atoms with van der Waals surface area (Å²) in [6.45, 7) is 2.69. The van der Waals surface area contributed by atoms with Gasteiger partial charge in [-0.3, -0.25) is 9.52 Å². The Morgan fingerprint density at radius 1 is 0.769 bits per heavy atom. The zero-order valence-electron chi connectivity index (χ0n) is 21.4. The van der Waals surface area contributed by atoms with Crippen molar-refractivity contribution in [2.24, 2.45) is 0 Å². The van der Waals surface area contributed by atoms with Crippen molar-refractivity contribution in [3.8, 4) is 0 Å². The van der Waals surface area contributed by atoms with E-state index < -0.39 is 26.0 Å². The van der Waals surface area contributed by atoms with Gasteiger partial charge < -0.3 is 5.32 Å². The Hall–Kier alpha value is -3.73. The molecule has 0 spiro atoms. The largest absolute Gasteiger partial charge is 0.322 e. The van der Waals surface area contributed by atoms with Gasteiger partial charge >= 0.3 is 0 Å². The van der Waals surface area contributed by atoms with Gasteiger partial charge in [0.2, 0.25) is 10.0 Å². The number of fused-ring (bicyclic) bond motifs is 1. The van der Waals surface area contributed by atoms with Crippen LogP contribution in [-0.2, 0) is 20.0 Å². The minimum Gasteiger partial charge on any atom is -0.322 e. The number of aryl methyl sites for hydroxylation is 1. The summed E-state index contributed by atoms with van der Waals surface area (Å²) in [6.07, 6.45) is 2.65. The molecule has 5 rings (SSSR count). The Morgan fingerprint density at radius 2 is 1.44 bits per heavy atom. The Labute approximate surface area is 228 Å². The molecule has 0 unspecified atom stereocenters. The third-order valence-corrected chi connectivity index (χ3v) is 10.1. The number of piperidine rings is 1. The summed E-state index contributed by atoms with van der Waals surface area (Å²) in [4.78, 5) is 13.2. The van der Waals surface area contributed by atoms with Gasteiger partial charge in [-0.15, -0.1) is 0 Å². The molecule has 1 saturated heterocycles. The lowest BCUT2D eigenvalue weighted by molar-refractivity contribution is 0.102. The second kappa shape index (κ2) is 10.8. The number of rotatable bonds is 7. The second-order valence-electron chi connectivity index (χ2n) is 9.55. The van der Waals surface area contributed by atoms with Gasteiger partial charge in [0.1, 0.15) is 0 Å². The number of anilines is 2. The molecule has 2 N–H and O–H groups in total. The predicted molar refractivity (Wildman–Crippen MR) is 153 cm³/mol. The monoisotopic (exact) mass is 563 g/mol. The lowest BCUT2D eigenvalue weighted by Crippen LogP contribution is -2.35. The van der Waals surface area contributed by atoms with Gasteiger partial charge in [-0.1, -0.05) is 48.9 Å². The highest BCUT2D eigenvalue weighted by atomic mass is 32.2. The molecule has 0 radical (unpaired) electrons. The lowest BCUT2D eigenvalue weighted by Gasteiger charge is -2.26. The number of sulfonamides is 2. The van der Waals surface area contributed by atoms with Crippen LogP contribution in [0, 0.1) is 6.92 Å². The number of nitrogens with one attached hydrogen (secondary N) is 2. The summed E-state index contributed by atoms with van der Waals surface area (Å²) in [6, 6.07) is 23.3. The van der Waals surface area contributed by atoms with Crippen LogP contribution in [-0.4, -0.2) is 40.1 Å². The first kappa shape index (κ1) is 26.9. The molecule has 39 heavy (non-hydrogen) atoms. The average molecular weight is 564 g/mol. The van der Waals surface area contributed by atoms with E-state index in [1.807, 2.05) is 30.3 Å². The zero-order valence-corrected chi connectivity index (χ0v) is 23.1. The molecular weight excluding hydrogens is 534 g/mol. The molecule has 1 heterocycles. The molecule has 0 atom stereocenters. The highest BCUT2D eigenvalue weighted by Crippen LogP contribution is 2.27. The van der Waals surface area contributed by atoms with E-state index in [0.29, 0.717) is 30.0 Å². The summed E-state index contributed by atoms with van der Waals surface area (Å²) in [5.74, 6) is -0.479. The molecule has 1 aliphatic heterocycles. The summed E-state index contributed by atoms with van der Waals surface area (Å²) >= 11 is 0. The zero-order chi connectivity index (χ0) is 27.6. The van der Waals surface area contributed by atoms with Crippen molar-refractivity contribution >= 4 is 48.1 Å². The van der Waals surface area contributed by atoms with Gasteiger partial charge in [0.05, 0.1) is 15.5 Å². The maximum atomic E-state index is 13.1. The SMILES string of the molecule is Cc1ccc(S(=O)(=O)N2CCCCC2)cc1C(=O)Nc1ccc(S(=O)(=O)Nc2cccc3ccccc23)cc1. The fraction of sp³-hybridized carbons (Fsp3) is 0.207. The van der Waals surface area contributed by atoms with Gasteiger partial charge in [0, 0.05) is 29.7 Å². The van der Waals surface area contributed by atoms with E-state index in [2.05, 4.69) is 10.0 Å². The fourth-order valence-electron chi connectivity index (χ4n) is 4.69. The van der Waals surface area contributed by atoms with Crippen LogP contribution in [0.1, 0.15) is 35.2 Å². The topological polar surface area (TPSA) is 113 Å². The van der Waals surface area contributed by atoms with Crippen molar-refractivity contribution in [1.29, 1.82) is 0 Å². The molecule has 0 bridgehead atoms. The normalized spacial score (nSPS) is 14.7. The third-order valence-electron chi connectivity index (χ3n) is 6.86. The van der Waals surface area contributed by atoms with Crippen molar-refractivity contribution < 1.29 is 21.6 Å². The maximum Gasteiger partial charge on any atom is 0.261 e. The van der Waals surface area contributed by atoms with Crippen molar-refractivity contribution in [2.75, 3.05) is 23.1 Å². The van der Waals surface area contributed by atoms with Gasteiger partial charge in [0.15, 0.2) is 0 Å². The molecule has 10 heteroatoms. The molecule has 1 aliphatic rings. The van der Waals surface area contributed by atoms with E-state index in [0.717, 1.165) is 30.0 Å². The number of carbonyl (C=O) groups is 1. The van der Waals surface area contributed by atoms with Crippen LogP contribution in [0.5, 0.6) is 0 Å². The van der Waals surface area contributed by atoms with Gasteiger partial charge in [-0.2, -0.15) is 4.31 Å². The van der Waals surface area contributed by atoms with E-state index in [-0.39, 0.29) is 15.4 Å². The van der Waals surface area contributed by atoms with Crippen LogP contribution in [0.3, 0.4) is 0 Å². The minimum atomic E-state index is -3.88. The first-order chi connectivity index (χ1) is 18.6. The maximum absolute atomic E-state index is 13.1. The molecule has 202 valence electrons. The lowest BCUT2D eigenvalue weighted by atomic mass is 10.1. The molecule has 4 aromatic rings. The molecule has 4 aromatic carbocycles. The first-order valence-corrected chi connectivity index (χ1v) is 15.6. The Kier molecular flexibility index (Phi) is 7.44. The van der Waals surface area contributed by atoms with Crippen LogP contribution >= 0.6 is 0 Å². The van der Waals surface area contributed by atoms with Gasteiger partial charge in [-0.25, -0.2) is 16.8 Å².